The van der Waals surface area contributed by atoms with Crippen molar-refractivity contribution in [3.05, 3.63) is 71.3 Å². The van der Waals surface area contributed by atoms with Crippen LogP contribution in [0.15, 0.2) is 54.6 Å². The minimum atomic E-state index is -1.12. The number of benzene rings is 2. The molecule has 0 aromatic heterocycles. The first-order chi connectivity index (χ1) is 13.3. The molecule has 6 heteroatoms. The molecule has 0 radical (unpaired) electrons. The van der Waals surface area contributed by atoms with Crippen molar-refractivity contribution in [2.75, 3.05) is 0 Å². The van der Waals surface area contributed by atoms with Gasteiger partial charge in [0.25, 0.3) is 5.91 Å². The molecule has 2 unspecified atom stereocenters. The van der Waals surface area contributed by atoms with Gasteiger partial charge in [0.2, 0.25) is 5.91 Å². The number of nitrogens with one attached hydrogen (secondary N) is 2. The quantitative estimate of drug-likeness (QED) is 0.654. The number of aliphatic carboxylic acids is 1. The van der Waals surface area contributed by atoms with Crippen LogP contribution in [0.1, 0.15) is 35.3 Å². The number of carbonyl (C=O) groups excluding carboxylic acids is 2. The molecule has 0 saturated carbocycles. The summed E-state index contributed by atoms with van der Waals surface area (Å²) in [5, 5.41) is 14.8. The molecule has 6 nitrogen and oxygen atoms in total. The summed E-state index contributed by atoms with van der Waals surface area (Å²) in [6.45, 7) is 5.48. The highest BCUT2D eigenvalue weighted by Gasteiger charge is 2.29. The van der Waals surface area contributed by atoms with Gasteiger partial charge in [0.15, 0.2) is 0 Å². The fraction of sp³-hybridized carbons (Fsp3) is 0.318. The van der Waals surface area contributed by atoms with Crippen LogP contribution < -0.4 is 10.6 Å². The number of hydrogen-bond donors (Lipinski definition) is 3. The van der Waals surface area contributed by atoms with Crippen LogP contribution in [0.4, 0.5) is 0 Å². The lowest BCUT2D eigenvalue weighted by molar-refractivity contribution is -0.142. The molecule has 0 fully saturated rings. The zero-order chi connectivity index (χ0) is 20.7. The van der Waals surface area contributed by atoms with E-state index in [0.29, 0.717) is 5.56 Å². The topological polar surface area (TPSA) is 95.5 Å². The highest BCUT2D eigenvalue weighted by molar-refractivity contribution is 5.98. The molecule has 2 atom stereocenters. The Bertz CT molecular complexity index is 833. The van der Waals surface area contributed by atoms with Gasteiger partial charge in [-0.15, -0.1) is 0 Å². The number of hydrogen-bond acceptors (Lipinski definition) is 3. The monoisotopic (exact) mass is 382 g/mol. The van der Waals surface area contributed by atoms with Gasteiger partial charge in [-0.2, -0.15) is 0 Å². The molecule has 0 saturated heterocycles. The predicted octanol–water partition coefficient (Wildman–Crippen LogP) is 2.56. The number of amides is 2. The van der Waals surface area contributed by atoms with Crippen molar-refractivity contribution >= 4 is 17.8 Å². The highest BCUT2D eigenvalue weighted by atomic mass is 16.4. The first-order valence-electron chi connectivity index (χ1n) is 9.22. The fourth-order valence-corrected chi connectivity index (χ4v) is 2.86. The van der Waals surface area contributed by atoms with Gasteiger partial charge in [0, 0.05) is 12.0 Å². The van der Waals surface area contributed by atoms with Gasteiger partial charge in [-0.3, -0.25) is 9.59 Å². The summed E-state index contributed by atoms with van der Waals surface area (Å²) in [5.74, 6) is -2.21. The van der Waals surface area contributed by atoms with Crippen molar-refractivity contribution in [2.45, 2.75) is 39.3 Å². The van der Waals surface area contributed by atoms with Crippen LogP contribution in [0.25, 0.3) is 0 Å². The molecular weight excluding hydrogens is 356 g/mol. The molecule has 2 aromatic rings. The van der Waals surface area contributed by atoms with Crippen LogP contribution in [-0.4, -0.2) is 35.0 Å². The molecule has 0 heterocycles. The van der Waals surface area contributed by atoms with Crippen molar-refractivity contribution in [1.82, 2.24) is 10.6 Å². The van der Waals surface area contributed by atoms with Crippen LogP contribution in [0.5, 0.6) is 0 Å². The second kappa shape index (κ2) is 9.69. The van der Waals surface area contributed by atoms with E-state index in [2.05, 4.69) is 10.6 Å². The third-order valence-corrected chi connectivity index (χ3v) is 4.41. The average Bonchev–Trinajstić information content (AvgIpc) is 2.65. The van der Waals surface area contributed by atoms with Crippen molar-refractivity contribution in [1.29, 1.82) is 0 Å². The zero-order valence-corrected chi connectivity index (χ0v) is 16.3. The van der Waals surface area contributed by atoms with E-state index >= 15 is 0 Å². The van der Waals surface area contributed by atoms with Gasteiger partial charge in [-0.1, -0.05) is 61.9 Å². The number of carbonyl (C=O) groups is 3. The van der Waals surface area contributed by atoms with Crippen LogP contribution in [0, 0.1) is 12.8 Å². The van der Waals surface area contributed by atoms with Crippen LogP contribution in [0.3, 0.4) is 0 Å². The standard InChI is InChI=1S/C22H26N2O4/c1-14(2)19(24-20(25)17-11-7-8-15(3)12-17)21(26)23-18(22(27)28)13-16-9-5-4-6-10-16/h4-12,14,18-19H,13H2,1-3H3,(H,23,26)(H,24,25)(H,27,28). The van der Waals surface area contributed by atoms with Crippen molar-refractivity contribution in [2.24, 2.45) is 5.92 Å². The minimum absolute atomic E-state index is 0.165. The third kappa shape index (κ3) is 5.94. The number of rotatable bonds is 8. The normalized spacial score (nSPS) is 12.9. The predicted molar refractivity (Wildman–Crippen MR) is 107 cm³/mol. The molecular formula is C22H26N2O4. The summed E-state index contributed by atoms with van der Waals surface area (Å²) in [6.07, 6.45) is 0.165. The highest BCUT2D eigenvalue weighted by Crippen LogP contribution is 2.09. The van der Waals surface area contributed by atoms with Crippen molar-refractivity contribution in [3.8, 4) is 0 Å². The Labute approximate surface area is 165 Å². The summed E-state index contributed by atoms with van der Waals surface area (Å²) in [4.78, 5) is 36.9. The fourth-order valence-electron chi connectivity index (χ4n) is 2.86. The van der Waals surface area contributed by atoms with Crippen LogP contribution >= 0.6 is 0 Å². The van der Waals surface area contributed by atoms with Gasteiger partial charge in [-0.25, -0.2) is 4.79 Å². The van der Waals surface area contributed by atoms with Crippen LogP contribution in [-0.2, 0) is 16.0 Å². The van der Waals surface area contributed by atoms with E-state index in [9.17, 15) is 19.5 Å². The lowest BCUT2D eigenvalue weighted by Crippen LogP contribution is -2.54. The van der Waals surface area contributed by atoms with Gasteiger partial charge < -0.3 is 15.7 Å². The van der Waals surface area contributed by atoms with Gasteiger partial charge in [0.05, 0.1) is 0 Å². The van der Waals surface area contributed by atoms with E-state index in [4.69, 9.17) is 0 Å². The van der Waals surface area contributed by atoms with E-state index in [1.54, 1.807) is 32.0 Å². The molecule has 0 spiro atoms. The largest absolute Gasteiger partial charge is 0.480 e. The smallest absolute Gasteiger partial charge is 0.326 e. The number of carboxylic acids is 1. The van der Waals surface area contributed by atoms with E-state index in [1.165, 1.54) is 0 Å². The van der Waals surface area contributed by atoms with E-state index < -0.39 is 24.0 Å². The Morgan fingerprint density at radius 3 is 2.21 bits per heavy atom. The van der Waals surface area contributed by atoms with Crippen molar-refractivity contribution < 1.29 is 19.5 Å². The molecule has 2 rings (SSSR count). The van der Waals surface area contributed by atoms with E-state index in [0.717, 1.165) is 11.1 Å². The molecule has 0 bridgehead atoms. The maximum atomic E-state index is 12.7. The Balaban J connectivity index is 2.10. The van der Waals surface area contributed by atoms with E-state index in [-0.39, 0.29) is 18.2 Å². The number of aryl methyl sites for hydroxylation is 1. The second-order valence-corrected chi connectivity index (χ2v) is 7.15. The lowest BCUT2D eigenvalue weighted by Gasteiger charge is -2.24. The molecule has 28 heavy (non-hydrogen) atoms. The van der Waals surface area contributed by atoms with Gasteiger partial charge in [-0.05, 0) is 30.5 Å². The summed E-state index contributed by atoms with van der Waals surface area (Å²) >= 11 is 0. The molecule has 0 aliphatic heterocycles. The maximum absolute atomic E-state index is 12.7. The Hall–Kier alpha value is -3.15. The molecule has 0 aliphatic carbocycles. The SMILES string of the molecule is Cc1cccc(C(=O)NC(C(=O)NC(Cc2ccccc2)C(=O)O)C(C)C)c1. The second-order valence-electron chi connectivity index (χ2n) is 7.15. The van der Waals surface area contributed by atoms with Gasteiger partial charge >= 0.3 is 5.97 Å². The van der Waals surface area contributed by atoms with Gasteiger partial charge in [0.1, 0.15) is 12.1 Å². The maximum Gasteiger partial charge on any atom is 0.326 e. The molecule has 3 N–H and O–H groups in total. The molecule has 2 amide bonds. The Kier molecular flexibility index (Phi) is 7.32. The van der Waals surface area contributed by atoms with Crippen molar-refractivity contribution in [3.63, 3.8) is 0 Å². The average molecular weight is 382 g/mol. The van der Waals surface area contributed by atoms with E-state index in [1.807, 2.05) is 43.3 Å². The summed E-state index contributed by atoms with van der Waals surface area (Å²) in [7, 11) is 0. The first kappa shape index (κ1) is 21.2. The molecule has 0 aliphatic rings. The third-order valence-electron chi connectivity index (χ3n) is 4.41. The summed E-state index contributed by atoms with van der Waals surface area (Å²) in [5.41, 5.74) is 2.20. The summed E-state index contributed by atoms with van der Waals surface area (Å²) < 4.78 is 0. The lowest BCUT2D eigenvalue weighted by atomic mass is 10.0. The molecule has 2 aromatic carbocycles. The first-order valence-corrected chi connectivity index (χ1v) is 9.22. The van der Waals surface area contributed by atoms with Crippen LogP contribution in [0.2, 0.25) is 0 Å². The Morgan fingerprint density at radius 1 is 0.964 bits per heavy atom. The zero-order valence-electron chi connectivity index (χ0n) is 16.3. The minimum Gasteiger partial charge on any atom is -0.480 e. The number of carboxylic acid groups (broad SMARTS) is 1. The Morgan fingerprint density at radius 2 is 1.64 bits per heavy atom. The molecule has 148 valence electrons. The summed E-state index contributed by atoms with van der Waals surface area (Å²) in [6, 6.07) is 14.2.